The normalized spacial score (nSPS) is 17.1. The van der Waals surface area contributed by atoms with Gasteiger partial charge in [-0.3, -0.25) is 4.79 Å². The predicted molar refractivity (Wildman–Crippen MR) is 78.8 cm³/mol. The molecule has 19 heavy (non-hydrogen) atoms. The smallest absolute Gasteiger partial charge is 0.331 e. The first kappa shape index (κ1) is 18.3. The van der Waals surface area contributed by atoms with Crippen LogP contribution in [0, 0.1) is 17.3 Å². The highest BCUT2D eigenvalue weighted by Gasteiger charge is 2.43. The lowest BCUT2D eigenvalue weighted by Gasteiger charge is -2.39. The molecule has 0 radical (unpaired) electrons. The molecule has 5 heteroatoms. The van der Waals surface area contributed by atoms with Gasteiger partial charge < -0.3 is 9.53 Å². The first-order valence-electron chi connectivity index (χ1n) is 6.93. The Kier molecular flexibility index (Phi) is 6.93. The van der Waals surface area contributed by atoms with Gasteiger partial charge in [-0.25, -0.2) is 4.79 Å². The Morgan fingerprint density at radius 1 is 1.26 bits per heavy atom. The number of hydrogen-bond acceptors (Lipinski definition) is 3. The van der Waals surface area contributed by atoms with E-state index in [0.717, 1.165) is 0 Å². The zero-order chi connectivity index (χ0) is 15.4. The number of ketones is 1. The molecule has 0 aliphatic heterocycles. The third-order valence-electron chi connectivity index (χ3n) is 3.38. The highest BCUT2D eigenvalue weighted by atomic mass is 28.3. The molecule has 112 valence electrons. The molecule has 0 saturated heterocycles. The fraction of sp³-hybridized carbons (Fsp3) is 0.857. The van der Waals surface area contributed by atoms with Crippen molar-refractivity contribution in [1.82, 2.24) is 0 Å². The summed E-state index contributed by atoms with van der Waals surface area (Å²) < 4.78 is 5.70. The molecule has 0 bridgehead atoms. The average Bonchev–Trinajstić information content (AvgIpc) is 2.24. The van der Waals surface area contributed by atoms with E-state index in [-0.39, 0.29) is 23.0 Å². The summed E-state index contributed by atoms with van der Waals surface area (Å²) >= 11 is 0. The second-order valence-corrected chi connectivity index (χ2v) is 8.81. The van der Waals surface area contributed by atoms with Crippen molar-refractivity contribution >= 4 is 20.8 Å². The minimum Gasteiger partial charge on any atom is -0.479 e. The molecular formula is C14H28O4Si. The van der Waals surface area contributed by atoms with Gasteiger partial charge in [0.25, 0.3) is 0 Å². The number of carbonyl (C=O) groups is 2. The first-order valence-corrected chi connectivity index (χ1v) is 9.71. The minimum atomic E-state index is -1.49. The SMILES string of the molecule is CCC(=O)[C@@H](C)[C@H](C(O[SiH](C)C)C(=O)O)C(C)(C)C. The summed E-state index contributed by atoms with van der Waals surface area (Å²) in [5, 5.41) is 9.45. The number of carbonyl (C=O) groups excluding carboxylic acids is 1. The van der Waals surface area contributed by atoms with E-state index < -0.39 is 21.1 Å². The summed E-state index contributed by atoms with van der Waals surface area (Å²) in [5.74, 6) is -1.48. The van der Waals surface area contributed by atoms with Crippen LogP contribution in [0.2, 0.25) is 13.1 Å². The molecule has 4 nitrogen and oxygen atoms in total. The van der Waals surface area contributed by atoms with Gasteiger partial charge in [0.1, 0.15) is 11.9 Å². The zero-order valence-corrected chi connectivity index (χ0v) is 14.3. The van der Waals surface area contributed by atoms with Crippen LogP contribution in [0.5, 0.6) is 0 Å². The van der Waals surface area contributed by atoms with Crippen LogP contribution < -0.4 is 0 Å². The second-order valence-electron chi connectivity index (χ2n) is 6.44. The number of Topliss-reactive ketones (excluding diaryl/α,β-unsaturated/α-hetero) is 1. The van der Waals surface area contributed by atoms with Crippen LogP contribution in [-0.4, -0.2) is 32.0 Å². The average molecular weight is 288 g/mol. The van der Waals surface area contributed by atoms with Crippen molar-refractivity contribution in [2.24, 2.45) is 17.3 Å². The van der Waals surface area contributed by atoms with Crippen LogP contribution in [0.15, 0.2) is 0 Å². The van der Waals surface area contributed by atoms with E-state index in [2.05, 4.69) is 0 Å². The number of rotatable bonds is 7. The van der Waals surface area contributed by atoms with E-state index in [4.69, 9.17) is 4.43 Å². The van der Waals surface area contributed by atoms with Gasteiger partial charge in [-0.2, -0.15) is 0 Å². The second kappa shape index (κ2) is 7.19. The molecule has 0 aliphatic rings. The number of hydrogen-bond donors (Lipinski definition) is 1. The Bertz CT molecular complexity index is 320. The van der Waals surface area contributed by atoms with Crippen LogP contribution in [0.1, 0.15) is 41.0 Å². The Balaban J connectivity index is 5.43. The molecule has 1 unspecified atom stereocenters. The molecule has 1 N–H and O–H groups in total. The van der Waals surface area contributed by atoms with Crippen molar-refractivity contribution in [3.63, 3.8) is 0 Å². The molecule has 0 saturated carbocycles. The van der Waals surface area contributed by atoms with E-state index in [1.807, 2.05) is 47.7 Å². The Morgan fingerprint density at radius 2 is 1.74 bits per heavy atom. The third-order valence-corrected chi connectivity index (χ3v) is 4.22. The van der Waals surface area contributed by atoms with Gasteiger partial charge in [-0.15, -0.1) is 0 Å². The molecule has 0 amide bonds. The van der Waals surface area contributed by atoms with Crippen LogP contribution >= 0.6 is 0 Å². The maximum atomic E-state index is 12.0. The fourth-order valence-electron chi connectivity index (χ4n) is 2.58. The predicted octanol–water partition coefficient (Wildman–Crippen LogP) is 2.72. The quantitative estimate of drug-likeness (QED) is 0.732. The van der Waals surface area contributed by atoms with Crippen LogP contribution in [0.3, 0.4) is 0 Å². The summed E-state index contributed by atoms with van der Waals surface area (Å²) in [6.07, 6.45) is -0.462. The van der Waals surface area contributed by atoms with E-state index in [1.165, 1.54) is 0 Å². The van der Waals surface area contributed by atoms with E-state index >= 15 is 0 Å². The lowest BCUT2D eigenvalue weighted by Crippen LogP contribution is -2.46. The zero-order valence-electron chi connectivity index (χ0n) is 13.2. The molecule has 0 aromatic rings. The van der Waals surface area contributed by atoms with Crippen molar-refractivity contribution in [2.45, 2.75) is 60.2 Å². The number of carboxylic acid groups (broad SMARTS) is 1. The maximum absolute atomic E-state index is 12.0. The lowest BCUT2D eigenvalue weighted by atomic mass is 9.69. The standard InChI is InChI=1S/C14H28O4Si/c1-8-10(15)9(2)11(14(3,4)5)12(13(16)17)18-19(6)7/h9,11-12,19H,8H2,1-7H3,(H,16,17)/t9-,11-,12?/m1/s1. The monoisotopic (exact) mass is 288 g/mol. The third kappa shape index (κ3) is 5.44. The van der Waals surface area contributed by atoms with Gasteiger partial charge in [0.2, 0.25) is 0 Å². The van der Waals surface area contributed by atoms with Gasteiger partial charge >= 0.3 is 5.97 Å². The van der Waals surface area contributed by atoms with Crippen LogP contribution in [0.25, 0.3) is 0 Å². The number of carboxylic acids is 1. The van der Waals surface area contributed by atoms with Crippen molar-refractivity contribution in [3.05, 3.63) is 0 Å². The Labute approximate surface area is 118 Å². The van der Waals surface area contributed by atoms with Crippen molar-refractivity contribution in [3.8, 4) is 0 Å². The van der Waals surface area contributed by atoms with Crippen LogP contribution in [0.4, 0.5) is 0 Å². The summed E-state index contributed by atoms with van der Waals surface area (Å²) in [7, 11) is -1.49. The van der Waals surface area contributed by atoms with Crippen molar-refractivity contribution in [1.29, 1.82) is 0 Å². The van der Waals surface area contributed by atoms with Gasteiger partial charge in [0.05, 0.1) is 0 Å². The molecule has 0 aromatic heterocycles. The molecule has 0 aliphatic carbocycles. The lowest BCUT2D eigenvalue weighted by molar-refractivity contribution is -0.153. The molecule has 0 rings (SSSR count). The van der Waals surface area contributed by atoms with Gasteiger partial charge in [-0.05, 0) is 18.5 Å². The molecular weight excluding hydrogens is 260 g/mol. The summed E-state index contributed by atoms with van der Waals surface area (Å²) in [4.78, 5) is 23.5. The Hall–Kier alpha value is -0.683. The molecule has 3 atom stereocenters. The topological polar surface area (TPSA) is 63.6 Å². The van der Waals surface area contributed by atoms with E-state index in [1.54, 1.807) is 0 Å². The highest BCUT2D eigenvalue weighted by Crippen LogP contribution is 2.37. The Morgan fingerprint density at radius 3 is 2.00 bits per heavy atom. The summed E-state index contributed by atoms with van der Waals surface area (Å²) in [6, 6.07) is 0. The van der Waals surface area contributed by atoms with Gasteiger partial charge in [0, 0.05) is 18.3 Å². The van der Waals surface area contributed by atoms with Gasteiger partial charge in [-0.1, -0.05) is 34.6 Å². The van der Waals surface area contributed by atoms with Gasteiger partial charge in [0.15, 0.2) is 9.04 Å². The van der Waals surface area contributed by atoms with Crippen molar-refractivity contribution in [2.75, 3.05) is 0 Å². The van der Waals surface area contributed by atoms with E-state index in [9.17, 15) is 14.7 Å². The minimum absolute atomic E-state index is 0.0974. The molecule has 0 aromatic carbocycles. The first-order chi connectivity index (χ1) is 8.52. The van der Waals surface area contributed by atoms with E-state index in [0.29, 0.717) is 6.42 Å². The van der Waals surface area contributed by atoms with Crippen molar-refractivity contribution < 1.29 is 19.1 Å². The summed E-state index contributed by atoms with van der Waals surface area (Å²) in [5.41, 5.74) is -0.295. The fourth-order valence-corrected chi connectivity index (χ4v) is 3.45. The highest BCUT2D eigenvalue weighted by molar-refractivity contribution is 6.48. The molecule has 0 fully saturated rings. The number of aliphatic carboxylic acids is 1. The maximum Gasteiger partial charge on any atom is 0.331 e. The molecule has 0 heterocycles. The largest absolute Gasteiger partial charge is 0.479 e. The molecule has 0 spiro atoms. The van der Waals surface area contributed by atoms with Crippen LogP contribution in [-0.2, 0) is 14.0 Å². The summed E-state index contributed by atoms with van der Waals surface area (Å²) in [6.45, 7) is 13.4.